The topological polar surface area (TPSA) is 105 Å². The maximum atomic E-state index is 13.0. The van der Waals surface area contributed by atoms with E-state index in [9.17, 15) is 14.4 Å². The Bertz CT molecular complexity index is 523. The van der Waals surface area contributed by atoms with Crippen LogP contribution in [0.25, 0.3) is 0 Å². The van der Waals surface area contributed by atoms with Gasteiger partial charge in [0.05, 0.1) is 17.9 Å². The summed E-state index contributed by atoms with van der Waals surface area (Å²) < 4.78 is 5.29. The van der Waals surface area contributed by atoms with Crippen molar-refractivity contribution < 1.29 is 24.3 Å². The number of hydrogen-bond donors (Lipinski definition) is 3. The summed E-state index contributed by atoms with van der Waals surface area (Å²) in [5.74, 6) is -2.94. The summed E-state index contributed by atoms with van der Waals surface area (Å²) in [6.45, 7) is 16.5. The van der Waals surface area contributed by atoms with Crippen LogP contribution in [-0.4, -0.2) is 35.1 Å². The van der Waals surface area contributed by atoms with Crippen LogP contribution in [0.2, 0.25) is 0 Å². The van der Waals surface area contributed by atoms with Gasteiger partial charge in [-0.05, 0) is 38.0 Å². The molecule has 0 rings (SSSR count). The molecule has 156 valence electrons. The van der Waals surface area contributed by atoms with E-state index < -0.39 is 41.1 Å². The zero-order valence-electron chi connectivity index (χ0n) is 17.7. The van der Waals surface area contributed by atoms with E-state index in [0.717, 1.165) is 0 Å². The fraction of sp³-hybridized carbons (Fsp3) is 0.750. The number of hydroxylamine groups is 1. The summed E-state index contributed by atoms with van der Waals surface area (Å²) in [5.41, 5.74) is 1.06. The molecule has 0 bridgehead atoms. The number of carbonyl (C=O) groups is 3. The molecular weight excluding hydrogens is 348 g/mol. The van der Waals surface area contributed by atoms with Crippen LogP contribution in [0.4, 0.5) is 0 Å². The number of carbonyl (C=O) groups excluding carboxylic acids is 3. The number of ether oxygens (including phenoxy) is 1. The molecule has 2 amide bonds. The van der Waals surface area contributed by atoms with E-state index in [4.69, 9.17) is 9.94 Å². The number of allylic oxidation sites excluding steroid dienone is 1. The molecule has 0 aromatic heterocycles. The van der Waals surface area contributed by atoms with Gasteiger partial charge in [-0.15, -0.1) is 6.58 Å². The van der Waals surface area contributed by atoms with E-state index in [1.54, 1.807) is 19.3 Å². The summed E-state index contributed by atoms with van der Waals surface area (Å²) >= 11 is 0. The van der Waals surface area contributed by atoms with Gasteiger partial charge in [0.2, 0.25) is 11.8 Å². The standard InChI is InChI=1S/C20H36N2O5/c1-9-10-14(18(24)22-26)15(11-12(2)3)17(23)21-16(20(6,7)8)19(25)27-13(4)5/h9,12-16,26H,1,10-11H2,2-8H3,(H,21,23)(H,22,24)/t14-,15+,16+/m0/s1. The van der Waals surface area contributed by atoms with Gasteiger partial charge < -0.3 is 10.1 Å². The molecule has 0 spiro atoms. The summed E-state index contributed by atoms with van der Waals surface area (Å²) in [4.78, 5) is 37.7. The third-order valence-corrected chi connectivity index (χ3v) is 4.16. The Labute approximate surface area is 162 Å². The summed E-state index contributed by atoms with van der Waals surface area (Å²) in [7, 11) is 0. The predicted octanol–water partition coefficient (Wildman–Crippen LogP) is 2.83. The molecule has 3 atom stereocenters. The van der Waals surface area contributed by atoms with E-state index in [2.05, 4.69) is 11.9 Å². The molecule has 0 radical (unpaired) electrons. The molecule has 0 aliphatic heterocycles. The second-order valence-corrected chi connectivity index (χ2v) is 8.64. The van der Waals surface area contributed by atoms with Crippen LogP contribution < -0.4 is 10.8 Å². The second-order valence-electron chi connectivity index (χ2n) is 8.64. The molecule has 0 saturated heterocycles. The molecule has 0 aromatic rings. The highest BCUT2D eigenvalue weighted by molar-refractivity contribution is 5.90. The van der Waals surface area contributed by atoms with Crippen LogP contribution in [0.3, 0.4) is 0 Å². The molecule has 27 heavy (non-hydrogen) atoms. The largest absolute Gasteiger partial charge is 0.461 e. The lowest BCUT2D eigenvalue weighted by Gasteiger charge is -2.33. The highest BCUT2D eigenvalue weighted by Crippen LogP contribution is 2.27. The quantitative estimate of drug-likeness (QED) is 0.232. The lowest BCUT2D eigenvalue weighted by atomic mass is 9.80. The molecule has 3 N–H and O–H groups in total. The van der Waals surface area contributed by atoms with Crippen molar-refractivity contribution in [3.63, 3.8) is 0 Å². The molecule has 0 fully saturated rings. The van der Waals surface area contributed by atoms with E-state index >= 15 is 0 Å². The Kier molecular flexibility index (Phi) is 10.3. The zero-order chi connectivity index (χ0) is 21.4. The second kappa shape index (κ2) is 11.1. The summed E-state index contributed by atoms with van der Waals surface area (Å²) in [6, 6.07) is -0.858. The van der Waals surface area contributed by atoms with Crippen molar-refractivity contribution in [1.29, 1.82) is 0 Å². The van der Waals surface area contributed by atoms with Gasteiger partial charge in [0, 0.05) is 0 Å². The van der Waals surface area contributed by atoms with Crippen LogP contribution in [0.15, 0.2) is 12.7 Å². The van der Waals surface area contributed by atoms with Crippen molar-refractivity contribution in [3.05, 3.63) is 12.7 Å². The average molecular weight is 385 g/mol. The molecule has 7 heteroatoms. The number of nitrogens with one attached hydrogen (secondary N) is 2. The zero-order valence-corrected chi connectivity index (χ0v) is 17.7. The fourth-order valence-electron chi connectivity index (χ4n) is 2.86. The first kappa shape index (κ1) is 25.1. The first-order valence-corrected chi connectivity index (χ1v) is 9.40. The lowest BCUT2D eigenvalue weighted by Crippen LogP contribution is -2.53. The first-order valence-electron chi connectivity index (χ1n) is 9.40. The number of hydrogen-bond acceptors (Lipinski definition) is 5. The smallest absolute Gasteiger partial charge is 0.329 e. The average Bonchev–Trinajstić information content (AvgIpc) is 2.52. The Hall–Kier alpha value is -1.89. The van der Waals surface area contributed by atoms with Crippen LogP contribution in [-0.2, 0) is 19.1 Å². The van der Waals surface area contributed by atoms with Crippen LogP contribution in [0.1, 0.15) is 61.3 Å². The molecule has 0 saturated carbocycles. The van der Waals surface area contributed by atoms with Gasteiger partial charge in [-0.25, -0.2) is 10.3 Å². The molecular formula is C20H36N2O5. The molecule has 0 unspecified atom stereocenters. The third kappa shape index (κ3) is 8.56. The van der Waals surface area contributed by atoms with Crippen molar-refractivity contribution in [2.75, 3.05) is 0 Å². The minimum atomic E-state index is -0.858. The summed E-state index contributed by atoms with van der Waals surface area (Å²) in [5, 5.41) is 11.8. The predicted molar refractivity (Wildman–Crippen MR) is 104 cm³/mol. The van der Waals surface area contributed by atoms with E-state index in [1.807, 2.05) is 34.6 Å². The number of amides is 2. The van der Waals surface area contributed by atoms with Gasteiger partial charge in [0.15, 0.2) is 0 Å². The van der Waals surface area contributed by atoms with Crippen LogP contribution >= 0.6 is 0 Å². The van der Waals surface area contributed by atoms with Gasteiger partial charge in [-0.1, -0.05) is 40.7 Å². The van der Waals surface area contributed by atoms with Gasteiger partial charge in [-0.2, -0.15) is 0 Å². The van der Waals surface area contributed by atoms with Crippen molar-refractivity contribution in [1.82, 2.24) is 10.8 Å². The Morgan fingerprint density at radius 1 is 1.07 bits per heavy atom. The minimum Gasteiger partial charge on any atom is -0.461 e. The van der Waals surface area contributed by atoms with Crippen molar-refractivity contribution in [2.45, 2.75) is 73.5 Å². The molecule has 7 nitrogen and oxygen atoms in total. The van der Waals surface area contributed by atoms with Crippen LogP contribution in [0, 0.1) is 23.2 Å². The number of esters is 1. The van der Waals surface area contributed by atoms with Crippen LogP contribution in [0.5, 0.6) is 0 Å². The van der Waals surface area contributed by atoms with Gasteiger partial charge in [-0.3, -0.25) is 14.8 Å². The summed E-state index contributed by atoms with van der Waals surface area (Å²) in [6.07, 6.45) is 1.88. The lowest BCUT2D eigenvalue weighted by molar-refractivity contribution is -0.155. The Morgan fingerprint density at radius 2 is 1.63 bits per heavy atom. The Morgan fingerprint density at radius 3 is 2.00 bits per heavy atom. The van der Waals surface area contributed by atoms with Gasteiger partial charge in [0.25, 0.3) is 0 Å². The van der Waals surface area contributed by atoms with Gasteiger partial charge >= 0.3 is 5.97 Å². The highest BCUT2D eigenvalue weighted by Gasteiger charge is 2.39. The fourth-order valence-corrected chi connectivity index (χ4v) is 2.86. The highest BCUT2D eigenvalue weighted by atomic mass is 16.5. The normalized spacial score (nSPS) is 15.0. The first-order chi connectivity index (χ1) is 12.3. The van der Waals surface area contributed by atoms with E-state index in [-0.39, 0.29) is 18.4 Å². The van der Waals surface area contributed by atoms with Crippen molar-refractivity contribution in [2.24, 2.45) is 23.2 Å². The van der Waals surface area contributed by atoms with E-state index in [1.165, 1.54) is 6.08 Å². The third-order valence-electron chi connectivity index (χ3n) is 4.16. The Balaban J connectivity index is 5.70. The van der Waals surface area contributed by atoms with E-state index in [0.29, 0.717) is 6.42 Å². The molecule has 0 aliphatic carbocycles. The SMILES string of the molecule is C=CC[C@H](C(=O)NO)[C@@H](CC(C)C)C(=O)N[C@H](C(=O)OC(C)C)C(C)(C)C. The van der Waals surface area contributed by atoms with Crippen molar-refractivity contribution >= 4 is 17.8 Å². The molecule has 0 aromatic carbocycles. The molecule has 0 aliphatic rings. The van der Waals surface area contributed by atoms with Gasteiger partial charge in [0.1, 0.15) is 6.04 Å². The number of rotatable bonds is 10. The maximum Gasteiger partial charge on any atom is 0.329 e. The minimum absolute atomic E-state index is 0.135. The monoisotopic (exact) mass is 384 g/mol. The van der Waals surface area contributed by atoms with Crippen molar-refractivity contribution in [3.8, 4) is 0 Å². The maximum absolute atomic E-state index is 13.0. The molecule has 0 heterocycles.